The van der Waals surface area contributed by atoms with E-state index in [1.807, 2.05) is 24.3 Å². The molecule has 1 aromatic heterocycles. The third kappa shape index (κ3) is 16.8. The molecule has 0 amide bonds. The number of rotatable bonds is 10. The van der Waals surface area contributed by atoms with Gasteiger partial charge in [-0.1, -0.05) is 30.4 Å². The van der Waals surface area contributed by atoms with Gasteiger partial charge in [0.05, 0.1) is 50.9 Å². The molecule has 352 valence electrons. The van der Waals surface area contributed by atoms with E-state index in [2.05, 4.69) is 104 Å². The molecule has 4 aromatic rings. The van der Waals surface area contributed by atoms with E-state index in [1.165, 1.54) is 45.6 Å². The van der Waals surface area contributed by atoms with E-state index in [1.54, 1.807) is 35.2 Å². The Morgan fingerprint density at radius 3 is 1.80 bits per heavy atom. The van der Waals surface area contributed by atoms with E-state index in [-0.39, 0.29) is 11.0 Å². The number of fused-ring (bicyclic) bond motifs is 5. The van der Waals surface area contributed by atoms with Crippen LogP contribution in [-0.2, 0) is 48.8 Å². The Kier molecular flexibility index (Phi) is 20.3. The molecule has 0 aliphatic heterocycles. The lowest BCUT2D eigenvalue weighted by atomic mass is 10.0. The lowest BCUT2D eigenvalue weighted by Gasteiger charge is -2.23. The number of ether oxygens (including phenoxy) is 5. The number of nitrogens with two attached hydrogens (primary N) is 1. The van der Waals surface area contributed by atoms with Gasteiger partial charge in [0.25, 0.3) is 0 Å². The summed E-state index contributed by atoms with van der Waals surface area (Å²) in [5.74, 6) is 3.90. The summed E-state index contributed by atoms with van der Waals surface area (Å²) in [5, 5.41) is 0.442. The van der Waals surface area contributed by atoms with Gasteiger partial charge in [0.1, 0.15) is 23.0 Å². The van der Waals surface area contributed by atoms with Gasteiger partial charge in [0.2, 0.25) is 21.6 Å². The fourth-order valence-electron chi connectivity index (χ4n) is 7.20. The number of carbonyl (C=O) groups is 2. The predicted octanol–water partition coefficient (Wildman–Crippen LogP) is 11.8. The molecule has 0 fully saturated rings. The van der Waals surface area contributed by atoms with Crippen LogP contribution in [0.4, 0.5) is 0 Å². The number of hydrogen-bond donors (Lipinski definition) is 1. The average Bonchev–Trinajstić information content (AvgIpc) is 3.34. The first kappa shape index (κ1) is 52.7. The van der Waals surface area contributed by atoms with Crippen molar-refractivity contribution in [3.05, 3.63) is 105 Å². The quantitative estimate of drug-likeness (QED) is 0.0920. The van der Waals surface area contributed by atoms with Crippen LogP contribution in [0.1, 0.15) is 89.3 Å². The Bertz CT molecular complexity index is 2310. The molecule has 0 radical (unpaired) electrons. The summed E-state index contributed by atoms with van der Waals surface area (Å²) in [7, 11) is 2.00. The molecular weight excluding hydrogens is 893 g/mol. The normalized spacial score (nSPS) is 13.8. The van der Waals surface area contributed by atoms with Crippen LogP contribution in [0.5, 0.6) is 17.2 Å². The lowest BCUT2D eigenvalue weighted by molar-refractivity contribution is -0.134. The van der Waals surface area contributed by atoms with Gasteiger partial charge in [-0.15, -0.1) is 11.3 Å². The molecule has 0 bridgehead atoms. The van der Waals surface area contributed by atoms with Crippen molar-refractivity contribution in [2.75, 3.05) is 34.5 Å². The maximum atomic E-state index is 11.9. The zero-order valence-corrected chi connectivity index (χ0v) is 43.8. The zero-order valence-electron chi connectivity index (χ0n) is 40.1. The zero-order chi connectivity index (χ0) is 47.7. The molecule has 2 N–H and O–H groups in total. The van der Waals surface area contributed by atoms with Gasteiger partial charge in [-0.05, 0) is 175 Å². The number of methoxy groups -OCH3 is 3. The molecule has 7 rings (SSSR count). The first-order chi connectivity index (χ1) is 30.9. The van der Waals surface area contributed by atoms with Crippen LogP contribution in [0.25, 0.3) is 22.3 Å². The highest BCUT2D eigenvalue weighted by molar-refractivity contribution is 7.81. The van der Waals surface area contributed by atoms with Crippen LogP contribution in [0, 0.1) is 0 Å². The number of esters is 2. The number of carbonyl (C=O) groups excluding carboxylic acids is 2. The van der Waals surface area contributed by atoms with Crippen molar-refractivity contribution in [1.29, 1.82) is 0 Å². The van der Waals surface area contributed by atoms with Crippen molar-refractivity contribution in [2.45, 2.75) is 111 Å². The molecule has 65 heavy (non-hydrogen) atoms. The molecule has 11 nitrogen and oxygen atoms in total. The Morgan fingerprint density at radius 1 is 0.692 bits per heavy atom. The highest BCUT2D eigenvalue weighted by Crippen LogP contribution is 2.39. The predicted molar refractivity (Wildman–Crippen MR) is 272 cm³/mol. The maximum Gasteiger partial charge on any atom is 0.367 e. The Balaban J connectivity index is 0.000000198. The largest absolute Gasteiger partial charge is 0.547 e. The van der Waals surface area contributed by atoms with Crippen LogP contribution < -0.4 is 19.9 Å². The molecule has 0 saturated heterocycles. The third-order valence-electron chi connectivity index (χ3n) is 10.0. The monoisotopic (exact) mass is 960 g/mol. The average molecular weight is 961 g/mol. The molecule has 3 aliphatic rings. The minimum atomic E-state index is -1.57. The molecule has 0 saturated carbocycles. The summed E-state index contributed by atoms with van der Waals surface area (Å²) in [6, 6.07) is 18.7. The van der Waals surface area contributed by atoms with Crippen LogP contribution >= 0.6 is 23.6 Å². The van der Waals surface area contributed by atoms with E-state index >= 15 is 0 Å². The van der Waals surface area contributed by atoms with E-state index in [0.717, 1.165) is 96.3 Å². The SMILES string of the molecule is CCOC(=O)C(N)=S.CCOC(=O)c1nc2c(s1)-c1cc(OC)ccc1CCC2.COc1ccc2c(c1)C(O[Si](C)(C)C)=CCCC2.COc1ccc2c(c1)C=C(O[Si](C)(C)C)CCC2. The summed E-state index contributed by atoms with van der Waals surface area (Å²) < 4.78 is 37.8. The van der Waals surface area contributed by atoms with Gasteiger partial charge in [-0.25, -0.2) is 14.6 Å². The molecule has 0 unspecified atom stereocenters. The second-order valence-electron chi connectivity index (χ2n) is 17.4. The number of thiazole rings is 1. The van der Waals surface area contributed by atoms with Crippen LogP contribution in [0.15, 0.2) is 66.4 Å². The van der Waals surface area contributed by atoms with Crippen molar-refractivity contribution in [3.63, 3.8) is 0 Å². The van der Waals surface area contributed by atoms with Crippen LogP contribution in [0.3, 0.4) is 0 Å². The van der Waals surface area contributed by atoms with Gasteiger partial charge in [0, 0.05) is 17.5 Å². The molecule has 3 aliphatic carbocycles. The summed E-state index contributed by atoms with van der Waals surface area (Å²) >= 11 is 5.70. The number of benzene rings is 3. The maximum absolute atomic E-state index is 11.9. The smallest absolute Gasteiger partial charge is 0.367 e. The fraction of sp³-hybridized carbons (Fsp3) is 0.440. The summed E-state index contributed by atoms with van der Waals surface area (Å²) in [6.07, 6.45) is 14.1. The number of hydrogen-bond acceptors (Lipinski definition) is 12. The topological polar surface area (TPSA) is 138 Å². The Hall–Kier alpha value is -4.97. The van der Waals surface area contributed by atoms with Crippen molar-refractivity contribution < 1.29 is 42.1 Å². The Labute approximate surface area is 397 Å². The second-order valence-corrected chi connectivity index (χ2v) is 27.7. The fourth-order valence-corrected chi connectivity index (χ4v) is 10.1. The van der Waals surface area contributed by atoms with Gasteiger partial charge >= 0.3 is 11.9 Å². The van der Waals surface area contributed by atoms with E-state index in [0.29, 0.717) is 18.2 Å². The minimum Gasteiger partial charge on any atom is -0.547 e. The number of nitrogens with zero attached hydrogens (tertiary/aromatic N) is 1. The highest BCUT2D eigenvalue weighted by Gasteiger charge is 2.24. The number of allylic oxidation sites excluding steroid dienone is 2. The first-order valence-electron chi connectivity index (χ1n) is 22.3. The minimum absolute atomic E-state index is 0.216. The van der Waals surface area contributed by atoms with Gasteiger partial charge in [-0.3, -0.25) is 0 Å². The van der Waals surface area contributed by atoms with Crippen molar-refractivity contribution in [1.82, 2.24) is 4.98 Å². The number of thiocarbonyl (C=S) groups is 1. The third-order valence-corrected chi connectivity index (χ3v) is 13.0. The summed E-state index contributed by atoms with van der Waals surface area (Å²) in [4.78, 5) is 27.5. The molecule has 0 atom stereocenters. The summed E-state index contributed by atoms with van der Waals surface area (Å²) in [6.45, 7) is 17.5. The standard InChI is InChI=1S/C16H17NO3S.2C15H22O2Si.C4H7NO2S/c1-3-20-16(18)15-17-13-6-4-5-10-7-8-11(19-2)9-12(10)14(13)21-15;1-16-14-9-8-12-6-5-7-15(11-13(12)10-14)17-18(2,3)4;1-16-13-10-9-12-7-5-6-8-15(14(12)11-13)17-18(2,3)4;1-2-7-4(6)3(5)8/h7-9H,3-6H2,1-2H3;2*8-11H,5-7H2,1-4H3;2H2,1H3,(H2,5,8). The van der Waals surface area contributed by atoms with Crippen molar-refractivity contribution >= 4 is 69.0 Å². The van der Waals surface area contributed by atoms with Gasteiger partial charge in [-0.2, -0.15) is 0 Å². The van der Waals surface area contributed by atoms with Gasteiger partial charge < -0.3 is 38.3 Å². The van der Waals surface area contributed by atoms with Crippen molar-refractivity contribution in [3.8, 4) is 27.7 Å². The van der Waals surface area contributed by atoms with Crippen LogP contribution in [0.2, 0.25) is 39.3 Å². The number of aromatic nitrogens is 1. The molecule has 15 heteroatoms. The van der Waals surface area contributed by atoms with E-state index in [9.17, 15) is 9.59 Å². The number of aryl methyl sites for hydroxylation is 4. The lowest BCUT2D eigenvalue weighted by Crippen LogP contribution is -2.24. The molecule has 1 heterocycles. The summed E-state index contributed by atoms with van der Waals surface area (Å²) in [5.41, 5.74) is 13.5. The van der Waals surface area contributed by atoms with Crippen LogP contribution in [-0.4, -0.2) is 73.1 Å². The molecule has 3 aromatic carbocycles. The van der Waals surface area contributed by atoms with Crippen molar-refractivity contribution in [2.24, 2.45) is 5.73 Å². The first-order valence-corrected chi connectivity index (χ1v) is 30.4. The molecule has 0 spiro atoms. The van der Waals surface area contributed by atoms with E-state index < -0.39 is 22.6 Å². The van der Waals surface area contributed by atoms with E-state index in [4.69, 9.17) is 33.5 Å². The Morgan fingerprint density at radius 2 is 1.23 bits per heavy atom. The highest BCUT2D eigenvalue weighted by atomic mass is 32.1. The molecular formula is C50H68N2O9S2Si2. The second kappa shape index (κ2) is 25.1. The van der Waals surface area contributed by atoms with Gasteiger partial charge in [0.15, 0.2) is 4.99 Å².